The van der Waals surface area contributed by atoms with Crippen LogP contribution in [0.25, 0.3) is 0 Å². The number of fused-ring (bicyclic) bond motifs is 3. The molecule has 4 saturated carbocycles. The maximum Gasteiger partial charge on any atom is 0.136 e. The molecule has 122 valence electrons. The fourth-order valence-corrected chi connectivity index (χ4v) is 7.75. The molecule has 4 rings (SSSR count). The maximum atomic E-state index is 12.7. The van der Waals surface area contributed by atoms with Crippen molar-refractivity contribution in [2.75, 3.05) is 0 Å². The second-order valence-corrected chi connectivity index (χ2v) is 10.1. The van der Waals surface area contributed by atoms with Crippen LogP contribution in [0.4, 0.5) is 0 Å². The molecular formula is C20H30O2. The van der Waals surface area contributed by atoms with Crippen LogP contribution in [-0.4, -0.2) is 11.6 Å². The first-order valence-corrected chi connectivity index (χ1v) is 9.22. The predicted molar refractivity (Wildman–Crippen MR) is 86.3 cm³/mol. The molecule has 4 aliphatic rings. The van der Waals surface area contributed by atoms with Crippen LogP contribution in [0.15, 0.2) is 0 Å². The number of carbonyl (C=O) groups is 2. The first kappa shape index (κ1) is 14.9. The number of rotatable bonds is 0. The molecule has 2 heteroatoms. The van der Waals surface area contributed by atoms with Gasteiger partial charge < -0.3 is 0 Å². The van der Waals surface area contributed by atoms with E-state index < -0.39 is 0 Å². The molecule has 6 atom stereocenters. The van der Waals surface area contributed by atoms with Crippen molar-refractivity contribution in [1.82, 2.24) is 0 Å². The lowest BCUT2D eigenvalue weighted by Gasteiger charge is -2.63. The fourth-order valence-electron chi connectivity index (χ4n) is 7.75. The topological polar surface area (TPSA) is 34.1 Å². The Morgan fingerprint density at radius 2 is 1.73 bits per heavy atom. The third-order valence-electron chi connectivity index (χ3n) is 8.30. The second-order valence-electron chi connectivity index (χ2n) is 10.1. The van der Waals surface area contributed by atoms with Crippen LogP contribution in [0.1, 0.15) is 72.6 Å². The van der Waals surface area contributed by atoms with Gasteiger partial charge in [-0.05, 0) is 59.7 Å². The first-order chi connectivity index (χ1) is 10.2. The van der Waals surface area contributed by atoms with E-state index in [1.165, 1.54) is 19.3 Å². The van der Waals surface area contributed by atoms with Gasteiger partial charge in [0.25, 0.3) is 0 Å². The van der Waals surface area contributed by atoms with Crippen molar-refractivity contribution in [3.63, 3.8) is 0 Å². The molecule has 4 aliphatic carbocycles. The van der Waals surface area contributed by atoms with Crippen molar-refractivity contribution < 1.29 is 9.59 Å². The molecule has 1 spiro atoms. The summed E-state index contributed by atoms with van der Waals surface area (Å²) in [6.45, 7) is 9.22. The highest BCUT2D eigenvalue weighted by Crippen LogP contribution is 2.71. The van der Waals surface area contributed by atoms with E-state index in [1.54, 1.807) is 0 Å². The van der Waals surface area contributed by atoms with Crippen LogP contribution in [0.3, 0.4) is 0 Å². The summed E-state index contributed by atoms with van der Waals surface area (Å²) in [5, 5.41) is 0. The standard InChI is InChI=1S/C20H30O2/c1-12-8-20-6-5-16-18(2,3)9-13(21)10-19(16,4)17(20)7-15(22)14(12)11-20/h12,14,16-17H,5-11H2,1-4H3/t12-,14-,16?,17?,19-,20-/m1/s1. The van der Waals surface area contributed by atoms with E-state index in [1.807, 2.05) is 0 Å². The van der Waals surface area contributed by atoms with Gasteiger partial charge in [0.15, 0.2) is 0 Å². The highest BCUT2D eigenvalue weighted by Gasteiger charge is 2.66. The molecule has 4 fully saturated rings. The minimum atomic E-state index is 0.0573. The average Bonchev–Trinajstić information content (AvgIpc) is 2.64. The number of hydrogen-bond acceptors (Lipinski definition) is 2. The van der Waals surface area contributed by atoms with Gasteiger partial charge in [0.1, 0.15) is 11.6 Å². The molecule has 2 unspecified atom stereocenters. The Hall–Kier alpha value is -0.660. The monoisotopic (exact) mass is 302 g/mol. The van der Waals surface area contributed by atoms with Crippen LogP contribution >= 0.6 is 0 Å². The summed E-state index contributed by atoms with van der Waals surface area (Å²) in [6, 6.07) is 0. The van der Waals surface area contributed by atoms with Gasteiger partial charge in [-0.25, -0.2) is 0 Å². The molecule has 0 aromatic carbocycles. The number of carbonyl (C=O) groups excluding carboxylic acids is 2. The lowest BCUT2D eigenvalue weighted by Crippen LogP contribution is -2.58. The Balaban J connectivity index is 1.79. The zero-order chi connectivity index (χ0) is 15.9. The molecular weight excluding hydrogens is 272 g/mol. The normalized spacial score (nSPS) is 53.1. The summed E-state index contributed by atoms with van der Waals surface area (Å²) < 4.78 is 0. The first-order valence-electron chi connectivity index (χ1n) is 9.22. The van der Waals surface area contributed by atoms with Gasteiger partial charge in [0.2, 0.25) is 0 Å². The Morgan fingerprint density at radius 1 is 1.00 bits per heavy atom. The van der Waals surface area contributed by atoms with Gasteiger partial charge in [0, 0.05) is 25.2 Å². The number of Topliss-reactive ketones (excluding diaryl/α,β-unsaturated/α-hetero) is 2. The van der Waals surface area contributed by atoms with E-state index in [0.29, 0.717) is 40.7 Å². The molecule has 0 N–H and O–H groups in total. The van der Waals surface area contributed by atoms with Crippen molar-refractivity contribution in [2.45, 2.75) is 72.6 Å². The van der Waals surface area contributed by atoms with E-state index in [-0.39, 0.29) is 10.8 Å². The Labute approximate surface area is 134 Å². The SMILES string of the molecule is C[C@@H]1C[C@@]23CCC4C(C)(C)CC(=O)C[C@@]4(C)C2CC(=O)[C@@H]1C3. The lowest BCUT2D eigenvalue weighted by atomic mass is 9.41. The zero-order valence-corrected chi connectivity index (χ0v) is 14.6. The Bertz CT molecular complexity index is 548. The van der Waals surface area contributed by atoms with Gasteiger partial charge in [-0.1, -0.05) is 27.7 Å². The summed E-state index contributed by atoms with van der Waals surface area (Å²) in [5.74, 6) is 2.88. The third-order valence-corrected chi connectivity index (χ3v) is 8.30. The minimum Gasteiger partial charge on any atom is -0.300 e. The molecule has 2 bridgehead atoms. The zero-order valence-electron chi connectivity index (χ0n) is 14.6. The van der Waals surface area contributed by atoms with Crippen LogP contribution < -0.4 is 0 Å². The van der Waals surface area contributed by atoms with Gasteiger partial charge in [-0.3, -0.25) is 9.59 Å². The largest absolute Gasteiger partial charge is 0.300 e. The molecule has 0 aromatic heterocycles. The maximum absolute atomic E-state index is 12.7. The molecule has 0 aromatic rings. The fraction of sp³-hybridized carbons (Fsp3) is 0.900. The molecule has 2 nitrogen and oxygen atoms in total. The van der Waals surface area contributed by atoms with Crippen molar-refractivity contribution >= 4 is 11.6 Å². The minimum absolute atomic E-state index is 0.0573. The van der Waals surface area contributed by atoms with Gasteiger partial charge >= 0.3 is 0 Å². The van der Waals surface area contributed by atoms with Gasteiger partial charge in [0.05, 0.1) is 0 Å². The van der Waals surface area contributed by atoms with Crippen molar-refractivity contribution in [3.8, 4) is 0 Å². The predicted octanol–water partition coefficient (Wildman–Crippen LogP) is 4.41. The van der Waals surface area contributed by atoms with Crippen LogP contribution in [0.5, 0.6) is 0 Å². The van der Waals surface area contributed by atoms with Crippen LogP contribution in [0.2, 0.25) is 0 Å². The summed E-state index contributed by atoms with van der Waals surface area (Å²) >= 11 is 0. The third kappa shape index (κ3) is 1.73. The summed E-state index contributed by atoms with van der Waals surface area (Å²) in [7, 11) is 0. The summed E-state index contributed by atoms with van der Waals surface area (Å²) in [6.07, 6.45) is 7.12. The smallest absolute Gasteiger partial charge is 0.136 e. The average molecular weight is 302 g/mol. The van der Waals surface area contributed by atoms with Crippen molar-refractivity contribution in [2.24, 2.45) is 39.9 Å². The molecule has 0 heterocycles. The van der Waals surface area contributed by atoms with E-state index >= 15 is 0 Å². The van der Waals surface area contributed by atoms with E-state index in [9.17, 15) is 9.59 Å². The van der Waals surface area contributed by atoms with Crippen molar-refractivity contribution in [1.29, 1.82) is 0 Å². The van der Waals surface area contributed by atoms with Crippen LogP contribution in [-0.2, 0) is 9.59 Å². The van der Waals surface area contributed by atoms with Crippen molar-refractivity contribution in [3.05, 3.63) is 0 Å². The lowest BCUT2D eigenvalue weighted by molar-refractivity contribution is -0.166. The van der Waals surface area contributed by atoms with Crippen LogP contribution in [0, 0.1) is 39.9 Å². The second kappa shape index (κ2) is 4.24. The van der Waals surface area contributed by atoms with E-state index in [2.05, 4.69) is 27.7 Å². The summed E-state index contributed by atoms with van der Waals surface area (Å²) in [5.41, 5.74) is 0.536. The van der Waals surface area contributed by atoms with Gasteiger partial charge in [-0.15, -0.1) is 0 Å². The molecule has 0 saturated heterocycles. The van der Waals surface area contributed by atoms with E-state index in [0.717, 1.165) is 25.7 Å². The Kier molecular flexibility index (Phi) is 2.87. The Morgan fingerprint density at radius 3 is 2.45 bits per heavy atom. The molecule has 0 aliphatic heterocycles. The van der Waals surface area contributed by atoms with Gasteiger partial charge in [-0.2, -0.15) is 0 Å². The highest BCUT2D eigenvalue weighted by molar-refractivity contribution is 5.84. The molecule has 0 radical (unpaired) electrons. The molecule has 0 amide bonds. The quantitative estimate of drug-likeness (QED) is 0.664. The molecule has 22 heavy (non-hydrogen) atoms. The number of hydrogen-bond donors (Lipinski definition) is 0. The number of ketones is 2. The van der Waals surface area contributed by atoms with E-state index in [4.69, 9.17) is 0 Å². The highest BCUT2D eigenvalue weighted by atomic mass is 16.1. The summed E-state index contributed by atoms with van der Waals surface area (Å²) in [4.78, 5) is 25.2.